The highest BCUT2D eigenvalue weighted by molar-refractivity contribution is 5.92. The minimum atomic E-state index is -0.712. The predicted octanol–water partition coefficient (Wildman–Crippen LogP) is 1.54. The molecule has 1 fully saturated rings. The summed E-state index contributed by atoms with van der Waals surface area (Å²) in [6, 6.07) is 2.37. The van der Waals surface area contributed by atoms with E-state index in [1.807, 2.05) is 0 Å². The number of rotatable bonds is 4. The zero-order valence-corrected chi connectivity index (χ0v) is 11.6. The van der Waals surface area contributed by atoms with E-state index in [1.165, 1.54) is 7.11 Å². The Kier molecular flexibility index (Phi) is 4.85. The number of nitrogens with zero attached hydrogens (tertiary/aromatic N) is 1. The van der Waals surface area contributed by atoms with Crippen molar-refractivity contribution < 1.29 is 23.1 Å². The van der Waals surface area contributed by atoms with Crippen LogP contribution in [0.2, 0.25) is 0 Å². The van der Waals surface area contributed by atoms with Crippen molar-refractivity contribution in [1.29, 1.82) is 0 Å². The van der Waals surface area contributed by atoms with Gasteiger partial charge in [-0.25, -0.2) is 8.78 Å². The summed E-state index contributed by atoms with van der Waals surface area (Å²) in [4.78, 5) is 25.1. The summed E-state index contributed by atoms with van der Waals surface area (Å²) >= 11 is 0. The van der Waals surface area contributed by atoms with Gasteiger partial charge < -0.3 is 10.1 Å². The summed E-state index contributed by atoms with van der Waals surface area (Å²) in [6.07, 6.45) is 1.40. The second-order valence-corrected chi connectivity index (χ2v) is 4.82. The topological polar surface area (TPSA) is 58.6 Å². The first-order chi connectivity index (χ1) is 10.0. The minimum Gasteiger partial charge on any atom is -0.468 e. The lowest BCUT2D eigenvalue weighted by atomic mass is 10.2. The van der Waals surface area contributed by atoms with E-state index in [4.69, 9.17) is 0 Å². The highest BCUT2D eigenvalue weighted by Gasteiger charge is 2.32. The Morgan fingerprint density at radius 2 is 2.19 bits per heavy atom. The van der Waals surface area contributed by atoms with Crippen molar-refractivity contribution in [1.82, 2.24) is 4.90 Å². The fourth-order valence-corrected chi connectivity index (χ4v) is 2.39. The molecule has 1 unspecified atom stereocenters. The molecule has 1 saturated heterocycles. The number of amides is 1. The summed E-state index contributed by atoms with van der Waals surface area (Å²) in [5.41, 5.74) is -0.214. The highest BCUT2D eigenvalue weighted by Crippen LogP contribution is 2.19. The SMILES string of the molecule is COC(=O)C1CCCN1CC(=O)Nc1cc(F)ccc1F. The van der Waals surface area contributed by atoms with Gasteiger partial charge in [-0.05, 0) is 31.5 Å². The van der Waals surface area contributed by atoms with Crippen LogP contribution in [0.1, 0.15) is 12.8 Å². The largest absolute Gasteiger partial charge is 0.468 e. The van der Waals surface area contributed by atoms with Crippen LogP contribution in [0.4, 0.5) is 14.5 Å². The van der Waals surface area contributed by atoms with E-state index in [9.17, 15) is 18.4 Å². The van der Waals surface area contributed by atoms with Crippen LogP contribution in [-0.2, 0) is 14.3 Å². The van der Waals surface area contributed by atoms with E-state index < -0.39 is 29.6 Å². The Morgan fingerprint density at radius 3 is 2.90 bits per heavy atom. The average molecular weight is 298 g/mol. The van der Waals surface area contributed by atoms with Gasteiger partial charge in [0.15, 0.2) is 0 Å². The molecule has 1 aliphatic heterocycles. The van der Waals surface area contributed by atoms with Crippen molar-refractivity contribution in [2.75, 3.05) is 25.5 Å². The number of esters is 1. The number of likely N-dealkylation sites (tertiary alicyclic amines) is 1. The summed E-state index contributed by atoms with van der Waals surface area (Å²) < 4.78 is 31.1. The number of anilines is 1. The van der Waals surface area contributed by atoms with Crippen LogP contribution >= 0.6 is 0 Å². The molecule has 0 aromatic heterocycles. The molecule has 0 spiro atoms. The summed E-state index contributed by atoms with van der Waals surface area (Å²) in [5.74, 6) is -2.25. The van der Waals surface area contributed by atoms with Gasteiger partial charge in [0.05, 0.1) is 19.3 Å². The van der Waals surface area contributed by atoms with Gasteiger partial charge in [-0.1, -0.05) is 0 Å². The third kappa shape index (κ3) is 3.75. The van der Waals surface area contributed by atoms with Crippen LogP contribution < -0.4 is 5.32 Å². The Hall–Kier alpha value is -2.02. The Morgan fingerprint density at radius 1 is 1.43 bits per heavy atom. The van der Waals surface area contributed by atoms with Crippen molar-refractivity contribution >= 4 is 17.6 Å². The highest BCUT2D eigenvalue weighted by atomic mass is 19.1. The van der Waals surface area contributed by atoms with Gasteiger partial charge >= 0.3 is 5.97 Å². The second-order valence-electron chi connectivity index (χ2n) is 4.82. The van der Waals surface area contributed by atoms with Gasteiger partial charge in [-0.15, -0.1) is 0 Å². The lowest BCUT2D eigenvalue weighted by Gasteiger charge is -2.21. The number of nitrogens with one attached hydrogen (secondary N) is 1. The van der Waals surface area contributed by atoms with Crippen LogP contribution in [0.3, 0.4) is 0 Å². The Bertz CT molecular complexity index is 551. The van der Waals surface area contributed by atoms with Gasteiger partial charge in [0.25, 0.3) is 0 Å². The van der Waals surface area contributed by atoms with Crippen LogP contribution in [0.5, 0.6) is 0 Å². The molecule has 2 rings (SSSR count). The van der Waals surface area contributed by atoms with Crippen molar-refractivity contribution in [3.8, 4) is 0 Å². The zero-order chi connectivity index (χ0) is 15.4. The van der Waals surface area contributed by atoms with Crippen molar-refractivity contribution in [2.45, 2.75) is 18.9 Å². The number of ether oxygens (including phenoxy) is 1. The molecule has 1 aromatic carbocycles. The molecule has 1 heterocycles. The third-order valence-electron chi connectivity index (χ3n) is 3.39. The molecule has 21 heavy (non-hydrogen) atoms. The van der Waals surface area contributed by atoms with Gasteiger partial charge in [0.2, 0.25) is 5.91 Å². The lowest BCUT2D eigenvalue weighted by Crippen LogP contribution is -2.41. The van der Waals surface area contributed by atoms with Crippen molar-refractivity contribution in [3.05, 3.63) is 29.8 Å². The molecule has 0 aliphatic carbocycles. The van der Waals surface area contributed by atoms with E-state index in [0.29, 0.717) is 13.0 Å². The average Bonchev–Trinajstić information content (AvgIpc) is 2.90. The molecule has 1 N–H and O–H groups in total. The van der Waals surface area contributed by atoms with E-state index >= 15 is 0 Å². The normalized spacial score (nSPS) is 18.5. The fraction of sp³-hybridized carbons (Fsp3) is 0.429. The molecule has 1 aromatic rings. The first-order valence-corrected chi connectivity index (χ1v) is 6.58. The number of carbonyl (C=O) groups is 2. The summed E-state index contributed by atoms with van der Waals surface area (Å²) in [6.45, 7) is 0.508. The number of hydrogen-bond donors (Lipinski definition) is 1. The maximum Gasteiger partial charge on any atom is 0.323 e. The molecular formula is C14H16F2N2O3. The van der Waals surface area contributed by atoms with E-state index in [1.54, 1.807) is 4.90 Å². The molecule has 1 aliphatic rings. The van der Waals surface area contributed by atoms with Gasteiger partial charge in [0.1, 0.15) is 17.7 Å². The van der Waals surface area contributed by atoms with E-state index in [-0.39, 0.29) is 12.2 Å². The quantitative estimate of drug-likeness (QED) is 0.857. The molecule has 1 atom stereocenters. The predicted molar refractivity (Wildman–Crippen MR) is 71.6 cm³/mol. The molecule has 7 heteroatoms. The van der Waals surface area contributed by atoms with Crippen molar-refractivity contribution in [2.24, 2.45) is 0 Å². The van der Waals surface area contributed by atoms with E-state index in [0.717, 1.165) is 24.6 Å². The monoisotopic (exact) mass is 298 g/mol. The second kappa shape index (κ2) is 6.62. The lowest BCUT2D eigenvalue weighted by molar-refractivity contribution is -0.146. The molecular weight excluding hydrogens is 282 g/mol. The molecule has 114 valence electrons. The molecule has 0 bridgehead atoms. The molecule has 0 saturated carbocycles. The smallest absolute Gasteiger partial charge is 0.323 e. The number of hydrogen-bond acceptors (Lipinski definition) is 4. The van der Waals surface area contributed by atoms with Gasteiger partial charge in [-0.3, -0.25) is 14.5 Å². The van der Waals surface area contributed by atoms with Gasteiger partial charge in [0, 0.05) is 6.07 Å². The minimum absolute atomic E-state index is 0.0737. The number of methoxy groups -OCH3 is 1. The number of carbonyl (C=O) groups excluding carboxylic acids is 2. The molecule has 5 nitrogen and oxygen atoms in total. The molecule has 1 amide bonds. The Labute approximate surface area is 120 Å². The number of benzene rings is 1. The van der Waals surface area contributed by atoms with Crippen LogP contribution in [-0.4, -0.2) is 43.0 Å². The van der Waals surface area contributed by atoms with Crippen molar-refractivity contribution in [3.63, 3.8) is 0 Å². The molecule has 0 radical (unpaired) electrons. The van der Waals surface area contributed by atoms with Gasteiger partial charge in [-0.2, -0.15) is 0 Å². The first kappa shape index (κ1) is 15.4. The summed E-state index contributed by atoms with van der Waals surface area (Å²) in [5, 5.41) is 2.31. The summed E-state index contributed by atoms with van der Waals surface area (Å²) in [7, 11) is 1.29. The number of halogens is 2. The van der Waals surface area contributed by atoms with E-state index in [2.05, 4.69) is 10.1 Å². The first-order valence-electron chi connectivity index (χ1n) is 6.58. The van der Waals surface area contributed by atoms with Crippen LogP contribution in [0, 0.1) is 11.6 Å². The maximum absolute atomic E-state index is 13.4. The Balaban J connectivity index is 1.98. The standard InChI is InChI=1S/C14H16F2N2O3/c1-21-14(20)12-3-2-6-18(12)8-13(19)17-11-7-9(15)4-5-10(11)16/h4-5,7,12H,2-3,6,8H2,1H3,(H,17,19). The third-order valence-corrected chi connectivity index (χ3v) is 3.39. The fourth-order valence-electron chi connectivity index (χ4n) is 2.39. The van der Waals surface area contributed by atoms with Crippen LogP contribution in [0.25, 0.3) is 0 Å². The zero-order valence-electron chi connectivity index (χ0n) is 11.6. The maximum atomic E-state index is 13.4. The van der Waals surface area contributed by atoms with Crippen LogP contribution in [0.15, 0.2) is 18.2 Å².